The average molecular weight is 358 g/mol. The third kappa shape index (κ3) is 5.47. The van der Waals surface area contributed by atoms with Crippen LogP contribution in [-0.2, 0) is 14.3 Å². The van der Waals surface area contributed by atoms with Crippen molar-refractivity contribution in [1.82, 2.24) is 5.32 Å². The summed E-state index contributed by atoms with van der Waals surface area (Å²) in [5, 5.41) is 5.21. The topological polar surface area (TPSA) is 97.6 Å². The Morgan fingerprint density at radius 2 is 1.92 bits per heavy atom. The van der Waals surface area contributed by atoms with Gasteiger partial charge in [0.2, 0.25) is 0 Å². The van der Waals surface area contributed by atoms with E-state index in [0.717, 1.165) is 5.56 Å². The third-order valence-corrected chi connectivity index (χ3v) is 3.60. The molecule has 0 aliphatic carbocycles. The van der Waals surface area contributed by atoms with Crippen LogP contribution >= 0.6 is 0 Å². The van der Waals surface area contributed by atoms with Crippen LogP contribution in [0.25, 0.3) is 0 Å². The number of ether oxygens (including phenoxy) is 1. The first kappa shape index (κ1) is 19.2. The highest BCUT2D eigenvalue weighted by atomic mass is 16.5. The Kier molecular flexibility index (Phi) is 6.54. The summed E-state index contributed by atoms with van der Waals surface area (Å²) in [6.45, 7) is 5.00. The Morgan fingerprint density at radius 1 is 1.15 bits per heavy atom. The monoisotopic (exact) mass is 358 g/mol. The lowest BCUT2D eigenvalue weighted by molar-refractivity contribution is -0.150. The van der Waals surface area contributed by atoms with Crippen molar-refractivity contribution >= 4 is 23.5 Å². The lowest BCUT2D eigenvalue weighted by atomic mass is 10.0. The zero-order valence-electron chi connectivity index (χ0n) is 14.9. The molecule has 0 aliphatic heterocycles. The van der Waals surface area contributed by atoms with Gasteiger partial charge in [-0.2, -0.15) is 0 Å². The van der Waals surface area contributed by atoms with Crippen LogP contribution in [0.15, 0.2) is 47.1 Å². The maximum atomic E-state index is 12.3. The first-order valence-corrected chi connectivity index (χ1v) is 8.24. The number of hydrogen-bond acceptors (Lipinski definition) is 5. The highest BCUT2D eigenvalue weighted by molar-refractivity contribution is 5.96. The van der Waals surface area contributed by atoms with Crippen molar-refractivity contribution in [3.63, 3.8) is 0 Å². The minimum atomic E-state index is -0.889. The van der Waals surface area contributed by atoms with Crippen LogP contribution in [0.1, 0.15) is 30.0 Å². The number of esters is 1. The summed E-state index contributed by atoms with van der Waals surface area (Å²) >= 11 is 0. The van der Waals surface area contributed by atoms with Gasteiger partial charge in [-0.15, -0.1) is 0 Å². The molecule has 1 unspecified atom stereocenters. The Bertz CT molecular complexity index is 768. The van der Waals surface area contributed by atoms with Gasteiger partial charge in [0.25, 0.3) is 11.8 Å². The van der Waals surface area contributed by atoms with E-state index in [1.165, 1.54) is 12.3 Å². The number of carbonyl (C=O) groups excluding carboxylic acids is 3. The van der Waals surface area contributed by atoms with Gasteiger partial charge in [0.05, 0.1) is 6.26 Å². The van der Waals surface area contributed by atoms with Crippen LogP contribution in [0.4, 0.5) is 5.69 Å². The van der Waals surface area contributed by atoms with Gasteiger partial charge in [0.1, 0.15) is 6.04 Å². The molecule has 0 saturated carbocycles. The third-order valence-electron chi connectivity index (χ3n) is 3.60. The van der Waals surface area contributed by atoms with E-state index in [4.69, 9.17) is 9.15 Å². The molecule has 0 spiro atoms. The summed E-state index contributed by atoms with van der Waals surface area (Å²) in [5.41, 5.74) is 1.62. The first-order valence-electron chi connectivity index (χ1n) is 8.24. The van der Waals surface area contributed by atoms with Crippen molar-refractivity contribution in [3.8, 4) is 0 Å². The number of rotatable bonds is 7. The van der Waals surface area contributed by atoms with Crippen molar-refractivity contribution in [2.24, 2.45) is 5.92 Å². The molecule has 1 aromatic carbocycles. The predicted molar refractivity (Wildman–Crippen MR) is 95.6 cm³/mol. The van der Waals surface area contributed by atoms with Crippen molar-refractivity contribution in [3.05, 3.63) is 54.0 Å². The van der Waals surface area contributed by atoms with Gasteiger partial charge in [-0.25, -0.2) is 4.79 Å². The van der Waals surface area contributed by atoms with Crippen molar-refractivity contribution in [2.45, 2.75) is 26.8 Å². The summed E-state index contributed by atoms with van der Waals surface area (Å²) in [7, 11) is 0. The molecule has 2 N–H and O–H groups in total. The molecule has 2 amide bonds. The number of hydrogen-bond donors (Lipinski definition) is 2. The maximum Gasteiger partial charge on any atom is 0.329 e. The molecule has 1 heterocycles. The van der Waals surface area contributed by atoms with E-state index in [2.05, 4.69) is 10.6 Å². The summed E-state index contributed by atoms with van der Waals surface area (Å²) < 4.78 is 10.1. The standard InChI is InChI=1S/C19H22N2O5/c1-12(2)17(21-18(23)15-8-5-9-25-15)19(24)26-11-16(22)20-14-7-4-6-13(3)10-14/h4-10,12,17H,11H2,1-3H3,(H,20,22)(H,21,23). The zero-order chi connectivity index (χ0) is 19.1. The Labute approximate surface area is 151 Å². The molecule has 1 atom stereocenters. The fourth-order valence-corrected chi connectivity index (χ4v) is 2.26. The molecule has 2 rings (SSSR count). The molecule has 26 heavy (non-hydrogen) atoms. The van der Waals surface area contributed by atoms with Crippen LogP contribution < -0.4 is 10.6 Å². The van der Waals surface area contributed by atoms with E-state index in [0.29, 0.717) is 5.69 Å². The highest BCUT2D eigenvalue weighted by Gasteiger charge is 2.27. The second-order valence-corrected chi connectivity index (χ2v) is 6.20. The smallest absolute Gasteiger partial charge is 0.329 e. The predicted octanol–water partition coefficient (Wildman–Crippen LogP) is 2.52. The zero-order valence-corrected chi connectivity index (χ0v) is 14.9. The van der Waals surface area contributed by atoms with E-state index >= 15 is 0 Å². The van der Waals surface area contributed by atoms with Gasteiger partial charge in [0.15, 0.2) is 12.4 Å². The van der Waals surface area contributed by atoms with Crippen molar-refractivity contribution in [2.75, 3.05) is 11.9 Å². The van der Waals surface area contributed by atoms with Crippen LogP contribution in [0.3, 0.4) is 0 Å². The van der Waals surface area contributed by atoms with Gasteiger partial charge in [-0.1, -0.05) is 26.0 Å². The molecule has 0 fully saturated rings. The van der Waals surface area contributed by atoms with Gasteiger partial charge in [0, 0.05) is 5.69 Å². The summed E-state index contributed by atoms with van der Waals surface area (Å²) in [6.07, 6.45) is 1.37. The van der Waals surface area contributed by atoms with E-state index in [1.807, 2.05) is 19.1 Å². The number of nitrogens with one attached hydrogen (secondary N) is 2. The fraction of sp³-hybridized carbons (Fsp3) is 0.316. The number of carbonyl (C=O) groups is 3. The van der Waals surface area contributed by atoms with Gasteiger partial charge in [-0.05, 0) is 42.7 Å². The SMILES string of the molecule is Cc1cccc(NC(=O)COC(=O)C(NC(=O)c2ccco2)C(C)C)c1. The molecule has 0 aliphatic rings. The average Bonchev–Trinajstić information content (AvgIpc) is 3.12. The lowest BCUT2D eigenvalue weighted by Crippen LogP contribution is -2.45. The van der Waals surface area contributed by atoms with Crippen LogP contribution in [0, 0.1) is 12.8 Å². The van der Waals surface area contributed by atoms with Crippen LogP contribution in [0.2, 0.25) is 0 Å². The summed E-state index contributed by atoms with van der Waals surface area (Å²) in [6, 6.07) is 9.45. The van der Waals surface area contributed by atoms with E-state index in [-0.39, 0.29) is 11.7 Å². The number of aryl methyl sites for hydroxylation is 1. The molecule has 0 bridgehead atoms. The molecule has 7 nitrogen and oxygen atoms in total. The van der Waals surface area contributed by atoms with Gasteiger partial charge < -0.3 is 19.8 Å². The Hall–Kier alpha value is -3.09. The number of amides is 2. The second-order valence-electron chi connectivity index (χ2n) is 6.20. The molecule has 0 radical (unpaired) electrons. The minimum Gasteiger partial charge on any atom is -0.459 e. The quantitative estimate of drug-likeness (QED) is 0.741. The largest absolute Gasteiger partial charge is 0.459 e. The highest BCUT2D eigenvalue weighted by Crippen LogP contribution is 2.10. The van der Waals surface area contributed by atoms with E-state index in [9.17, 15) is 14.4 Å². The number of furan rings is 1. The Morgan fingerprint density at radius 3 is 2.54 bits per heavy atom. The molecule has 0 saturated heterocycles. The van der Waals surface area contributed by atoms with Crippen molar-refractivity contribution < 1.29 is 23.5 Å². The first-order chi connectivity index (χ1) is 12.4. The summed E-state index contributed by atoms with van der Waals surface area (Å²) in [5.74, 6) is -1.78. The molecular weight excluding hydrogens is 336 g/mol. The molecule has 2 aromatic rings. The normalized spacial score (nSPS) is 11.7. The second kappa shape index (κ2) is 8.84. The molecule has 1 aromatic heterocycles. The Balaban J connectivity index is 1.88. The number of anilines is 1. The van der Waals surface area contributed by atoms with E-state index < -0.39 is 30.4 Å². The van der Waals surface area contributed by atoms with Gasteiger partial charge in [-0.3, -0.25) is 9.59 Å². The van der Waals surface area contributed by atoms with E-state index in [1.54, 1.807) is 32.0 Å². The number of benzene rings is 1. The molecular formula is C19H22N2O5. The van der Waals surface area contributed by atoms with Crippen LogP contribution in [-0.4, -0.2) is 30.4 Å². The summed E-state index contributed by atoms with van der Waals surface area (Å²) in [4.78, 5) is 36.2. The van der Waals surface area contributed by atoms with Crippen molar-refractivity contribution in [1.29, 1.82) is 0 Å². The molecule has 7 heteroatoms. The minimum absolute atomic E-state index is 0.0978. The van der Waals surface area contributed by atoms with Gasteiger partial charge >= 0.3 is 5.97 Å². The fourth-order valence-electron chi connectivity index (χ4n) is 2.26. The van der Waals surface area contributed by atoms with Crippen LogP contribution in [0.5, 0.6) is 0 Å². The maximum absolute atomic E-state index is 12.3. The molecule has 138 valence electrons. The lowest BCUT2D eigenvalue weighted by Gasteiger charge is -2.20.